The normalized spacial score (nSPS) is 15.7. The summed E-state index contributed by atoms with van der Waals surface area (Å²) in [6, 6.07) is 7.38. The zero-order chi connectivity index (χ0) is 10.7. The SMILES string of the molecule is N=C(N)c1ccc(OCC2CCC2)cc1. The first-order valence-corrected chi connectivity index (χ1v) is 5.33. The van der Waals surface area contributed by atoms with Gasteiger partial charge in [-0.25, -0.2) is 0 Å². The van der Waals surface area contributed by atoms with E-state index in [1.807, 2.05) is 24.3 Å². The summed E-state index contributed by atoms with van der Waals surface area (Å²) >= 11 is 0. The Bertz CT molecular complexity index is 341. The summed E-state index contributed by atoms with van der Waals surface area (Å²) in [4.78, 5) is 0. The van der Waals surface area contributed by atoms with Crippen LogP contribution in [-0.2, 0) is 0 Å². The lowest BCUT2D eigenvalue weighted by molar-refractivity contribution is 0.180. The van der Waals surface area contributed by atoms with Crippen LogP contribution in [0.5, 0.6) is 5.75 Å². The molecule has 80 valence electrons. The van der Waals surface area contributed by atoms with Gasteiger partial charge in [-0.15, -0.1) is 0 Å². The average Bonchev–Trinajstić information content (AvgIpc) is 2.16. The quantitative estimate of drug-likeness (QED) is 0.583. The Morgan fingerprint density at radius 2 is 2.00 bits per heavy atom. The zero-order valence-electron chi connectivity index (χ0n) is 8.70. The molecule has 1 saturated carbocycles. The summed E-state index contributed by atoms with van der Waals surface area (Å²) in [5.74, 6) is 1.71. The molecule has 0 radical (unpaired) electrons. The summed E-state index contributed by atoms with van der Waals surface area (Å²) in [5.41, 5.74) is 6.10. The molecule has 0 saturated heterocycles. The molecule has 2 rings (SSSR count). The highest BCUT2D eigenvalue weighted by Gasteiger charge is 2.17. The van der Waals surface area contributed by atoms with E-state index in [0.29, 0.717) is 0 Å². The van der Waals surface area contributed by atoms with Crippen LogP contribution in [0.25, 0.3) is 0 Å². The van der Waals surface area contributed by atoms with E-state index >= 15 is 0 Å². The fourth-order valence-electron chi connectivity index (χ4n) is 1.60. The fourth-order valence-corrected chi connectivity index (χ4v) is 1.60. The van der Waals surface area contributed by atoms with Crippen LogP contribution in [0, 0.1) is 11.3 Å². The molecule has 1 fully saturated rings. The maximum absolute atomic E-state index is 7.25. The molecule has 0 bridgehead atoms. The molecule has 3 nitrogen and oxygen atoms in total. The molecule has 1 aromatic rings. The number of hydrogen-bond donors (Lipinski definition) is 2. The number of ether oxygens (including phenoxy) is 1. The van der Waals surface area contributed by atoms with Crippen molar-refractivity contribution < 1.29 is 4.74 Å². The molecule has 3 heteroatoms. The van der Waals surface area contributed by atoms with Gasteiger partial charge in [0.15, 0.2) is 0 Å². The topological polar surface area (TPSA) is 59.1 Å². The number of nitrogen functional groups attached to an aromatic ring is 1. The maximum atomic E-state index is 7.25. The highest BCUT2D eigenvalue weighted by molar-refractivity contribution is 5.94. The van der Waals surface area contributed by atoms with Crippen molar-refractivity contribution >= 4 is 5.84 Å². The van der Waals surface area contributed by atoms with E-state index in [9.17, 15) is 0 Å². The second kappa shape index (κ2) is 4.34. The van der Waals surface area contributed by atoms with E-state index in [-0.39, 0.29) is 5.84 Å². The molecule has 0 aliphatic heterocycles. The van der Waals surface area contributed by atoms with Gasteiger partial charge in [0.1, 0.15) is 11.6 Å². The van der Waals surface area contributed by atoms with E-state index < -0.39 is 0 Å². The third kappa shape index (κ3) is 2.49. The van der Waals surface area contributed by atoms with Crippen LogP contribution < -0.4 is 10.5 Å². The van der Waals surface area contributed by atoms with Crippen molar-refractivity contribution in [3.05, 3.63) is 29.8 Å². The van der Waals surface area contributed by atoms with Crippen LogP contribution in [-0.4, -0.2) is 12.4 Å². The van der Waals surface area contributed by atoms with Gasteiger partial charge in [0.2, 0.25) is 0 Å². The van der Waals surface area contributed by atoms with E-state index in [1.165, 1.54) is 19.3 Å². The average molecular weight is 204 g/mol. The molecule has 0 amide bonds. The van der Waals surface area contributed by atoms with Crippen molar-refractivity contribution in [1.82, 2.24) is 0 Å². The van der Waals surface area contributed by atoms with E-state index in [4.69, 9.17) is 15.9 Å². The Hall–Kier alpha value is -1.51. The van der Waals surface area contributed by atoms with Crippen molar-refractivity contribution in [1.29, 1.82) is 5.41 Å². The van der Waals surface area contributed by atoms with Crippen molar-refractivity contribution in [2.75, 3.05) is 6.61 Å². The monoisotopic (exact) mass is 204 g/mol. The Morgan fingerprint density at radius 3 is 2.47 bits per heavy atom. The molecular weight excluding hydrogens is 188 g/mol. The van der Waals surface area contributed by atoms with Gasteiger partial charge in [-0.2, -0.15) is 0 Å². The van der Waals surface area contributed by atoms with Gasteiger partial charge in [0.25, 0.3) is 0 Å². The molecule has 0 atom stereocenters. The van der Waals surface area contributed by atoms with Crippen LogP contribution in [0.1, 0.15) is 24.8 Å². The predicted octanol–water partition coefficient (Wildman–Crippen LogP) is 2.15. The van der Waals surface area contributed by atoms with Gasteiger partial charge >= 0.3 is 0 Å². The summed E-state index contributed by atoms with van der Waals surface area (Å²) in [6.07, 6.45) is 3.94. The second-order valence-electron chi connectivity index (χ2n) is 4.05. The molecule has 3 N–H and O–H groups in total. The van der Waals surface area contributed by atoms with Crippen LogP contribution in [0.4, 0.5) is 0 Å². The highest BCUT2D eigenvalue weighted by Crippen LogP contribution is 2.27. The van der Waals surface area contributed by atoms with Crippen molar-refractivity contribution in [3.8, 4) is 5.75 Å². The second-order valence-corrected chi connectivity index (χ2v) is 4.05. The Labute approximate surface area is 89.8 Å². The minimum Gasteiger partial charge on any atom is -0.493 e. The standard InChI is InChI=1S/C12H16N2O/c13-12(14)10-4-6-11(7-5-10)15-8-9-2-1-3-9/h4-7,9H,1-3,8H2,(H3,13,14). The molecule has 1 aliphatic rings. The van der Waals surface area contributed by atoms with Crippen molar-refractivity contribution in [2.45, 2.75) is 19.3 Å². The number of hydrogen-bond acceptors (Lipinski definition) is 2. The molecule has 0 spiro atoms. The van der Waals surface area contributed by atoms with Gasteiger partial charge in [0, 0.05) is 5.56 Å². The maximum Gasteiger partial charge on any atom is 0.122 e. The van der Waals surface area contributed by atoms with Crippen LogP contribution in [0.15, 0.2) is 24.3 Å². The van der Waals surface area contributed by atoms with E-state index in [0.717, 1.165) is 23.8 Å². The molecule has 1 aliphatic carbocycles. The van der Waals surface area contributed by atoms with Crippen LogP contribution in [0.2, 0.25) is 0 Å². The van der Waals surface area contributed by atoms with Gasteiger partial charge in [-0.3, -0.25) is 5.41 Å². The number of rotatable bonds is 4. The largest absolute Gasteiger partial charge is 0.493 e. The fraction of sp³-hybridized carbons (Fsp3) is 0.417. The Morgan fingerprint density at radius 1 is 1.33 bits per heavy atom. The Balaban J connectivity index is 1.88. The lowest BCUT2D eigenvalue weighted by Crippen LogP contribution is -2.19. The van der Waals surface area contributed by atoms with Gasteiger partial charge < -0.3 is 10.5 Å². The van der Waals surface area contributed by atoms with Crippen LogP contribution in [0.3, 0.4) is 0 Å². The summed E-state index contributed by atoms with van der Waals surface area (Å²) in [5, 5.41) is 7.25. The molecule has 15 heavy (non-hydrogen) atoms. The van der Waals surface area contributed by atoms with Crippen molar-refractivity contribution in [3.63, 3.8) is 0 Å². The van der Waals surface area contributed by atoms with Gasteiger partial charge in [-0.1, -0.05) is 6.42 Å². The first-order valence-electron chi connectivity index (χ1n) is 5.33. The third-order valence-corrected chi connectivity index (χ3v) is 2.88. The van der Waals surface area contributed by atoms with Crippen molar-refractivity contribution in [2.24, 2.45) is 11.7 Å². The lowest BCUT2D eigenvalue weighted by atomic mass is 9.86. The van der Waals surface area contributed by atoms with Crippen LogP contribution >= 0.6 is 0 Å². The lowest BCUT2D eigenvalue weighted by Gasteiger charge is -2.25. The number of nitrogens with one attached hydrogen (secondary N) is 1. The van der Waals surface area contributed by atoms with E-state index in [2.05, 4.69) is 0 Å². The molecular formula is C12H16N2O. The minimum atomic E-state index is 0.0977. The summed E-state index contributed by atoms with van der Waals surface area (Å²) in [7, 11) is 0. The smallest absolute Gasteiger partial charge is 0.122 e. The zero-order valence-corrected chi connectivity index (χ0v) is 8.70. The van der Waals surface area contributed by atoms with Gasteiger partial charge in [0.05, 0.1) is 6.61 Å². The first kappa shape index (κ1) is 10.0. The molecule has 0 aromatic heterocycles. The van der Waals surface area contributed by atoms with E-state index in [1.54, 1.807) is 0 Å². The summed E-state index contributed by atoms with van der Waals surface area (Å²) < 4.78 is 5.63. The predicted molar refractivity (Wildman–Crippen MR) is 60.3 cm³/mol. The van der Waals surface area contributed by atoms with Gasteiger partial charge in [-0.05, 0) is 43.0 Å². The number of benzene rings is 1. The first-order chi connectivity index (χ1) is 7.25. The molecule has 1 aromatic carbocycles. The summed E-state index contributed by atoms with van der Waals surface area (Å²) in [6.45, 7) is 0.819. The molecule has 0 unspecified atom stereocenters. The number of amidine groups is 1. The molecule has 0 heterocycles. The third-order valence-electron chi connectivity index (χ3n) is 2.88. The minimum absolute atomic E-state index is 0.0977. The Kier molecular flexibility index (Phi) is 2.90. The highest BCUT2D eigenvalue weighted by atomic mass is 16.5. The number of nitrogens with two attached hydrogens (primary N) is 1.